The maximum Gasteiger partial charge on any atom is 0.253 e. The van der Waals surface area contributed by atoms with Gasteiger partial charge in [0.15, 0.2) is 0 Å². The van der Waals surface area contributed by atoms with Gasteiger partial charge >= 0.3 is 0 Å². The summed E-state index contributed by atoms with van der Waals surface area (Å²) in [6.07, 6.45) is 1.74. The third-order valence-electron chi connectivity index (χ3n) is 5.98. The molecule has 0 radical (unpaired) electrons. The Bertz CT molecular complexity index is 1250. The number of hydrogen-bond acceptors (Lipinski definition) is 4. The number of likely N-dealkylation sites (N-methyl/N-ethyl adjacent to an activating group) is 2. The summed E-state index contributed by atoms with van der Waals surface area (Å²) in [7, 11) is 1.83. The van der Waals surface area contributed by atoms with E-state index >= 15 is 0 Å². The Morgan fingerprint density at radius 3 is 2.62 bits per heavy atom. The van der Waals surface area contributed by atoms with E-state index in [1.807, 2.05) is 84.7 Å². The van der Waals surface area contributed by atoms with Crippen LogP contribution in [0.2, 0.25) is 0 Å². The fourth-order valence-electron chi connectivity index (χ4n) is 4.31. The molecule has 0 saturated carbocycles. The van der Waals surface area contributed by atoms with Crippen molar-refractivity contribution < 1.29 is 9.53 Å². The SMILES string of the molecule is CCN1CC(CN(C)C(=O)c2ccc(-n3cnc4ccccc43)cc2)Oc2ccccc21. The highest BCUT2D eigenvalue weighted by Crippen LogP contribution is 2.33. The van der Waals surface area contributed by atoms with Gasteiger partial charge < -0.3 is 14.5 Å². The first-order valence-electron chi connectivity index (χ1n) is 10.9. The summed E-state index contributed by atoms with van der Waals surface area (Å²) in [5.74, 6) is 0.862. The Morgan fingerprint density at radius 1 is 1.06 bits per heavy atom. The van der Waals surface area contributed by atoms with Crippen molar-refractivity contribution in [3.05, 3.63) is 84.7 Å². The van der Waals surface area contributed by atoms with Crippen molar-refractivity contribution in [1.29, 1.82) is 0 Å². The van der Waals surface area contributed by atoms with Crippen LogP contribution < -0.4 is 9.64 Å². The average molecular weight is 427 g/mol. The summed E-state index contributed by atoms with van der Waals surface area (Å²) in [5.41, 5.74) is 4.73. The van der Waals surface area contributed by atoms with Crippen LogP contribution in [0.3, 0.4) is 0 Å². The monoisotopic (exact) mass is 426 g/mol. The van der Waals surface area contributed by atoms with Gasteiger partial charge in [-0.05, 0) is 55.5 Å². The number of nitrogens with zero attached hydrogens (tertiary/aromatic N) is 4. The predicted octanol–water partition coefficient (Wildman–Crippen LogP) is 4.39. The third kappa shape index (κ3) is 3.68. The van der Waals surface area contributed by atoms with Crippen LogP contribution in [0.1, 0.15) is 17.3 Å². The molecule has 1 unspecified atom stereocenters. The fraction of sp³-hybridized carbons (Fsp3) is 0.231. The van der Waals surface area contributed by atoms with Crippen LogP contribution in [-0.2, 0) is 0 Å². The first-order valence-corrected chi connectivity index (χ1v) is 10.9. The van der Waals surface area contributed by atoms with Crippen molar-refractivity contribution in [1.82, 2.24) is 14.5 Å². The molecule has 0 bridgehead atoms. The highest BCUT2D eigenvalue weighted by molar-refractivity contribution is 5.94. The maximum absolute atomic E-state index is 13.1. The van der Waals surface area contributed by atoms with E-state index in [1.165, 1.54) is 0 Å². The van der Waals surface area contributed by atoms with Gasteiger partial charge in [0.05, 0.1) is 29.8 Å². The second kappa shape index (κ2) is 8.38. The van der Waals surface area contributed by atoms with Crippen molar-refractivity contribution >= 4 is 22.6 Å². The van der Waals surface area contributed by atoms with E-state index in [2.05, 4.69) is 22.9 Å². The van der Waals surface area contributed by atoms with E-state index in [1.54, 1.807) is 4.90 Å². The largest absolute Gasteiger partial charge is 0.485 e. The molecule has 32 heavy (non-hydrogen) atoms. The second-order valence-electron chi connectivity index (χ2n) is 8.08. The smallest absolute Gasteiger partial charge is 0.253 e. The van der Waals surface area contributed by atoms with Crippen molar-refractivity contribution in [3.8, 4) is 11.4 Å². The van der Waals surface area contributed by atoms with Crippen molar-refractivity contribution in [2.24, 2.45) is 0 Å². The number of fused-ring (bicyclic) bond motifs is 2. The molecule has 0 spiro atoms. The van der Waals surface area contributed by atoms with Gasteiger partial charge in [0.2, 0.25) is 0 Å². The maximum atomic E-state index is 13.1. The average Bonchev–Trinajstić information content (AvgIpc) is 3.27. The summed E-state index contributed by atoms with van der Waals surface area (Å²) in [6.45, 7) is 4.33. The summed E-state index contributed by atoms with van der Waals surface area (Å²) in [4.78, 5) is 21.5. The molecular formula is C26H26N4O2. The molecule has 0 aliphatic carbocycles. The Hall–Kier alpha value is -3.80. The van der Waals surface area contributed by atoms with Gasteiger partial charge in [-0.15, -0.1) is 0 Å². The standard InChI is InChI=1S/C26H26N4O2/c1-3-29-17-21(32-25-11-7-6-10-24(25)29)16-28(2)26(31)19-12-14-20(15-13-19)30-18-27-22-8-4-5-9-23(22)30/h4-15,18,21H,3,16-17H2,1-2H3. The molecule has 0 fully saturated rings. The molecule has 6 nitrogen and oxygen atoms in total. The number of amides is 1. The first-order chi connectivity index (χ1) is 15.6. The minimum absolute atomic E-state index is 0.0162. The van der Waals surface area contributed by atoms with Gasteiger partial charge in [-0.25, -0.2) is 4.98 Å². The summed E-state index contributed by atoms with van der Waals surface area (Å²) in [5, 5.41) is 0. The Balaban J connectivity index is 1.29. The van der Waals surface area contributed by atoms with Gasteiger partial charge in [0, 0.05) is 24.8 Å². The van der Waals surface area contributed by atoms with Crippen LogP contribution in [0.25, 0.3) is 16.7 Å². The molecule has 1 aliphatic rings. The molecule has 6 heteroatoms. The van der Waals surface area contributed by atoms with Crippen LogP contribution in [0.15, 0.2) is 79.1 Å². The Kier molecular flexibility index (Phi) is 5.27. The molecule has 1 aliphatic heterocycles. The zero-order valence-corrected chi connectivity index (χ0v) is 18.3. The summed E-state index contributed by atoms with van der Waals surface area (Å²) in [6, 6.07) is 23.7. The molecule has 1 atom stereocenters. The Labute approximate surface area is 187 Å². The topological polar surface area (TPSA) is 50.6 Å². The number of para-hydroxylation sites is 4. The van der Waals surface area contributed by atoms with E-state index in [-0.39, 0.29) is 12.0 Å². The quantitative estimate of drug-likeness (QED) is 0.475. The van der Waals surface area contributed by atoms with Gasteiger partial charge in [-0.1, -0.05) is 24.3 Å². The Morgan fingerprint density at radius 2 is 1.81 bits per heavy atom. The number of anilines is 1. The van der Waals surface area contributed by atoms with Gasteiger partial charge in [-0.3, -0.25) is 9.36 Å². The zero-order chi connectivity index (χ0) is 22.1. The number of rotatable bonds is 5. The van der Waals surface area contributed by atoms with Crippen LogP contribution in [0.4, 0.5) is 5.69 Å². The number of ether oxygens (including phenoxy) is 1. The highest BCUT2D eigenvalue weighted by atomic mass is 16.5. The van der Waals surface area contributed by atoms with E-state index in [0.717, 1.165) is 41.2 Å². The summed E-state index contributed by atoms with van der Waals surface area (Å²) >= 11 is 0. The summed E-state index contributed by atoms with van der Waals surface area (Å²) < 4.78 is 8.21. The predicted molar refractivity (Wildman–Crippen MR) is 127 cm³/mol. The minimum atomic E-state index is -0.0737. The first kappa shape index (κ1) is 20.1. The number of carbonyl (C=O) groups excluding carboxylic acids is 1. The molecule has 5 rings (SSSR count). The van der Waals surface area contributed by atoms with Gasteiger partial charge in [0.25, 0.3) is 5.91 Å². The molecule has 1 amide bonds. The zero-order valence-electron chi connectivity index (χ0n) is 18.3. The van der Waals surface area contributed by atoms with E-state index < -0.39 is 0 Å². The van der Waals surface area contributed by atoms with E-state index in [4.69, 9.17) is 4.74 Å². The molecule has 2 heterocycles. The lowest BCUT2D eigenvalue weighted by Crippen LogP contribution is -2.46. The lowest BCUT2D eigenvalue weighted by molar-refractivity contribution is 0.0709. The molecule has 3 aromatic carbocycles. The lowest BCUT2D eigenvalue weighted by Gasteiger charge is -2.37. The van der Waals surface area contributed by atoms with Crippen molar-refractivity contribution in [3.63, 3.8) is 0 Å². The van der Waals surface area contributed by atoms with Crippen LogP contribution in [-0.4, -0.2) is 53.1 Å². The lowest BCUT2D eigenvalue weighted by atomic mass is 10.1. The van der Waals surface area contributed by atoms with Crippen LogP contribution in [0.5, 0.6) is 5.75 Å². The minimum Gasteiger partial charge on any atom is -0.485 e. The molecule has 162 valence electrons. The number of hydrogen-bond donors (Lipinski definition) is 0. The highest BCUT2D eigenvalue weighted by Gasteiger charge is 2.27. The van der Waals surface area contributed by atoms with E-state index in [9.17, 15) is 4.79 Å². The van der Waals surface area contributed by atoms with Crippen molar-refractivity contribution in [2.45, 2.75) is 13.0 Å². The number of carbonyl (C=O) groups is 1. The number of aromatic nitrogens is 2. The fourth-order valence-corrected chi connectivity index (χ4v) is 4.31. The molecule has 1 aromatic heterocycles. The molecule has 0 saturated heterocycles. The van der Waals surface area contributed by atoms with Crippen LogP contribution >= 0.6 is 0 Å². The normalized spacial score (nSPS) is 15.3. The molecule has 0 N–H and O–H groups in total. The van der Waals surface area contributed by atoms with Gasteiger partial charge in [-0.2, -0.15) is 0 Å². The third-order valence-corrected chi connectivity index (χ3v) is 5.98. The van der Waals surface area contributed by atoms with E-state index in [0.29, 0.717) is 12.1 Å². The number of imidazole rings is 1. The van der Waals surface area contributed by atoms with Crippen molar-refractivity contribution in [2.75, 3.05) is 31.6 Å². The molecule has 4 aromatic rings. The molecular weight excluding hydrogens is 400 g/mol. The second-order valence-corrected chi connectivity index (χ2v) is 8.08. The number of benzene rings is 3. The van der Waals surface area contributed by atoms with Gasteiger partial charge in [0.1, 0.15) is 18.2 Å². The van der Waals surface area contributed by atoms with Crippen LogP contribution in [0, 0.1) is 0 Å².